The van der Waals surface area contributed by atoms with Crippen molar-refractivity contribution in [1.29, 1.82) is 0 Å². The van der Waals surface area contributed by atoms with Crippen LogP contribution in [0, 0.1) is 6.92 Å². The molecule has 0 spiro atoms. The Morgan fingerprint density at radius 1 is 1.36 bits per heavy atom. The van der Waals surface area contributed by atoms with Crippen LogP contribution in [0.15, 0.2) is 34.9 Å². The number of ether oxygens (including phenoxy) is 1. The zero-order chi connectivity index (χ0) is 18.2. The summed E-state index contributed by atoms with van der Waals surface area (Å²) >= 11 is 0. The summed E-state index contributed by atoms with van der Waals surface area (Å²) in [6, 6.07) is 8.78. The van der Waals surface area contributed by atoms with Crippen molar-refractivity contribution >= 4 is 5.91 Å². The number of benzene rings is 1. The average molecular weight is 345 g/mol. The van der Waals surface area contributed by atoms with Gasteiger partial charge in [-0.2, -0.15) is 0 Å². The van der Waals surface area contributed by atoms with Gasteiger partial charge in [-0.3, -0.25) is 9.69 Å². The second-order valence-corrected chi connectivity index (χ2v) is 6.36. The lowest BCUT2D eigenvalue weighted by molar-refractivity contribution is 0.0932. The normalized spacial score (nSPS) is 11.3. The minimum atomic E-state index is -0.248. The van der Waals surface area contributed by atoms with Crippen LogP contribution in [0.4, 0.5) is 0 Å². The molecule has 0 saturated heterocycles. The van der Waals surface area contributed by atoms with E-state index in [4.69, 9.17) is 9.15 Å². The van der Waals surface area contributed by atoms with E-state index in [-0.39, 0.29) is 5.91 Å². The van der Waals surface area contributed by atoms with Crippen molar-refractivity contribution in [1.82, 2.24) is 15.2 Å². The molecule has 1 aromatic carbocycles. The molecule has 0 saturated carbocycles. The first-order valence-electron chi connectivity index (χ1n) is 8.50. The second-order valence-electron chi connectivity index (χ2n) is 6.36. The molecule has 0 radical (unpaired) electrons. The maximum Gasteiger partial charge on any atom is 0.273 e. The molecule has 1 amide bonds. The van der Waals surface area contributed by atoms with Gasteiger partial charge < -0.3 is 14.5 Å². The topological polar surface area (TPSA) is 67.6 Å². The third kappa shape index (κ3) is 5.99. The molecule has 0 atom stereocenters. The van der Waals surface area contributed by atoms with E-state index in [9.17, 15) is 4.79 Å². The molecule has 1 heterocycles. The summed E-state index contributed by atoms with van der Waals surface area (Å²) in [4.78, 5) is 18.5. The van der Waals surface area contributed by atoms with Gasteiger partial charge in [-0.15, -0.1) is 0 Å². The van der Waals surface area contributed by atoms with Crippen molar-refractivity contribution in [2.45, 2.75) is 39.9 Å². The monoisotopic (exact) mass is 345 g/mol. The zero-order valence-corrected chi connectivity index (χ0v) is 15.4. The van der Waals surface area contributed by atoms with Crippen LogP contribution in [0.3, 0.4) is 0 Å². The summed E-state index contributed by atoms with van der Waals surface area (Å²) in [7, 11) is 1.59. The molecule has 0 aliphatic heterocycles. The van der Waals surface area contributed by atoms with Crippen LogP contribution in [0.25, 0.3) is 0 Å². The SMILES string of the molecule is COCCNC(=O)c1coc(CN(Cc2cccc(C)c2)C(C)C)n1. The Balaban J connectivity index is 1.99. The van der Waals surface area contributed by atoms with E-state index in [0.717, 1.165) is 6.54 Å². The van der Waals surface area contributed by atoms with Crippen molar-refractivity contribution in [3.63, 3.8) is 0 Å². The van der Waals surface area contributed by atoms with Gasteiger partial charge in [-0.25, -0.2) is 4.98 Å². The Kier molecular flexibility index (Phi) is 7.16. The molecule has 0 unspecified atom stereocenters. The molecule has 0 fully saturated rings. The Morgan fingerprint density at radius 2 is 2.16 bits per heavy atom. The van der Waals surface area contributed by atoms with Crippen LogP contribution in [-0.2, 0) is 17.8 Å². The van der Waals surface area contributed by atoms with Crippen molar-refractivity contribution < 1.29 is 13.9 Å². The summed E-state index contributed by atoms with van der Waals surface area (Å²) in [6.07, 6.45) is 1.41. The molecule has 0 aliphatic rings. The molecule has 25 heavy (non-hydrogen) atoms. The molecule has 2 aromatic rings. The second kappa shape index (κ2) is 9.34. The average Bonchev–Trinajstić information content (AvgIpc) is 3.03. The fourth-order valence-electron chi connectivity index (χ4n) is 2.48. The minimum absolute atomic E-state index is 0.248. The van der Waals surface area contributed by atoms with Crippen molar-refractivity contribution in [3.05, 3.63) is 53.2 Å². The first kappa shape index (κ1) is 19.1. The smallest absolute Gasteiger partial charge is 0.273 e. The summed E-state index contributed by atoms with van der Waals surface area (Å²) in [6.45, 7) is 8.63. The number of rotatable bonds is 9. The highest BCUT2D eigenvalue weighted by Crippen LogP contribution is 2.14. The number of aryl methyl sites for hydroxylation is 1. The Bertz CT molecular complexity index is 682. The van der Waals surface area contributed by atoms with E-state index in [1.54, 1.807) is 7.11 Å². The van der Waals surface area contributed by atoms with Crippen LogP contribution in [0.5, 0.6) is 0 Å². The summed E-state index contributed by atoms with van der Waals surface area (Å²) in [5.41, 5.74) is 2.79. The van der Waals surface area contributed by atoms with E-state index in [2.05, 4.69) is 60.2 Å². The van der Waals surface area contributed by atoms with Crippen molar-refractivity contribution in [3.8, 4) is 0 Å². The Labute approximate surface area is 149 Å². The number of hydrogen-bond donors (Lipinski definition) is 1. The van der Waals surface area contributed by atoms with Crippen LogP contribution in [0.1, 0.15) is 41.4 Å². The lowest BCUT2D eigenvalue weighted by Crippen LogP contribution is -2.30. The van der Waals surface area contributed by atoms with Gasteiger partial charge in [-0.05, 0) is 26.3 Å². The fraction of sp³-hybridized carbons (Fsp3) is 0.474. The molecule has 1 aromatic heterocycles. The number of nitrogens with one attached hydrogen (secondary N) is 1. The highest BCUT2D eigenvalue weighted by atomic mass is 16.5. The summed E-state index contributed by atoms with van der Waals surface area (Å²) < 4.78 is 10.4. The van der Waals surface area contributed by atoms with Crippen LogP contribution in [-0.4, -0.2) is 42.1 Å². The van der Waals surface area contributed by atoms with Crippen LogP contribution in [0.2, 0.25) is 0 Å². The van der Waals surface area contributed by atoms with E-state index in [0.29, 0.717) is 37.3 Å². The molecule has 6 heteroatoms. The third-order valence-electron chi connectivity index (χ3n) is 3.91. The lowest BCUT2D eigenvalue weighted by Gasteiger charge is -2.25. The predicted molar refractivity (Wildman–Crippen MR) is 96.3 cm³/mol. The highest BCUT2D eigenvalue weighted by Gasteiger charge is 2.17. The van der Waals surface area contributed by atoms with Gasteiger partial charge in [-0.1, -0.05) is 29.8 Å². The van der Waals surface area contributed by atoms with Gasteiger partial charge in [0.2, 0.25) is 5.89 Å². The molecular formula is C19H27N3O3. The van der Waals surface area contributed by atoms with E-state index < -0.39 is 0 Å². The first-order chi connectivity index (χ1) is 12.0. The minimum Gasteiger partial charge on any atom is -0.447 e. The number of hydrogen-bond acceptors (Lipinski definition) is 5. The van der Waals surface area contributed by atoms with Gasteiger partial charge in [0.15, 0.2) is 5.69 Å². The number of carbonyl (C=O) groups is 1. The number of amides is 1. The van der Waals surface area contributed by atoms with Crippen LogP contribution >= 0.6 is 0 Å². The van der Waals surface area contributed by atoms with Crippen molar-refractivity contribution in [2.75, 3.05) is 20.3 Å². The number of carbonyl (C=O) groups excluding carboxylic acids is 1. The molecule has 2 rings (SSSR count). The summed E-state index contributed by atoms with van der Waals surface area (Å²) in [5.74, 6) is 0.292. The number of methoxy groups -OCH3 is 1. The molecule has 1 N–H and O–H groups in total. The van der Waals surface area contributed by atoms with Crippen molar-refractivity contribution in [2.24, 2.45) is 0 Å². The van der Waals surface area contributed by atoms with Gasteiger partial charge in [0, 0.05) is 26.2 Å². The zero-order valence-electron chi connectivity index (χ0n) is 15.4. The predicted octanol–water partition coefficient (Wildman–Crippen LogP) is 2.77. The number of nitrogens with zero attached hydrogens (tertiary/aromatic N) is 2. The third-order valence-corrected chi connectivity index (χ3v) is 3.91. The van der Waals surface area contributed by atoms with Gasteiger partial charge in [0.05, 0.1) is 13.2 Å². The number of oxazole rings is 1. The Hall–Kier alpha value is -2.18. The molecule has 6 nitrogen and oxygen atoms in total. The largest absolute Gasteiger partial charge is 0.447 e. The quantitative estimate of drug-likeness (QED) is 0.708. The Morgan fingerprint density at radius 3 is 2.84 bits per heavy atom. The molecule has 0 aliphatic carbocycles. The van der Waals surface area contributed by atoms with E-state index in [1.807, 2.05) is 0 Å². The van der Waals surface area contributed by atoms with Crippen LogP contribution < -0.4 is 5.32 Å². The maximum absolute atomic E-state index is 12.0. The fourth-order valence-corrected chi connectivity index (χ4v) is 2.48. The molecular weight excluding hydrogens is 318 g/mol. The highest BCUT2D eigenvalue weighted by molar-refractivity contribution is 5.91. The molecule has 0 bridgehead atoms. The lowest BCUT2D eigenvalue weighted by atomic mass is 10.1. The van der Waals surface area contributed by atoms with Gasteiger partial charge >= 0.3 is 0 Å². The first-order valence-corrected chi connectivity index (χ1v) is 8.50. The molecule has 136 valence electrons. The maximum atomic E-state index is 12.0. The summed E-state index contributed by atoms with van der Waals surface area (Å²) in [5, 5.41) is 2.74. The van der Waals surface area contributed by atoms with Gasteiger partial charge in [0.25, 0.3) is 5.91 Å². The standard InChI is InChI=1S/C19H27N3O3/c1-14(2)22(11-16-7-5-6-15(3)10-16)12-18-21-17(13-25-18)19(23)20-8-9-24-4/h5-7,10,13-14H,8-9,11-12H2,1-4H3,(H,20,23). The number of aromatic nitrogens is 1. The van der Waals surface area contributed by atoms with E-state index in [1.165, 1.54) is 17.4 Å². The van der Waals surface area contributed by atoms with E-state index >= 15 is 0 Å². The van der Waals surface area contributed by atoms with Gasteiger partial charge in [0.1, 0.15) is 6.26 Å².